The van der Waals surface area contributed by atoms with E-state index in [1.807, 2.05) is 95.1 Å². The van der Waals surface area contributed by atoms with Gasteiger partial charge >= 0.3 is 6.09 Å². The molecule has 0 saturated carbocycles. The number of amides is 2. The van der Waals surface area contributed by atoms with Crippen molar-refractivity contribution in [1.82, 2.24) is 73.2 Å². The Morgan fingerprint density at radius 2 is 0.734 bits per heavy atom. The Morgan fingerprint density at radius 3 is 1.06 bits per heavy atom. The third-order valence-electron chi connectivity index (χ3n) is 30.3. The first-order valence-corrected chi connectivity index (χ1v) is 54.0. The van der Waals surface area contributed by atoms with E-state index in [0.717, 1.165) is 258 Å². The van der Waals surface area contributed by atoms with Crippen molar-refractivity contribution in [2.75, 3.05) is 110 Å². The molecule has 7 aliphatic heterocycles. The molecule has 4 N–H and O–H groups in total. The zero-order chi connectivity index (χ0) is 98.0. The van der Waals surface area contributed by atoms with Crippen LogP contribution >= 0.6 is 0 Å². The predicted octanol–water partition coefficient (Wildman–Crippen LogP) is 21.1. The van der Waals surface area contributed by atoms with Gasteiger partial charge in [-0.25, -0.2) is 43.5 Å². The molecule has 0 unspecified atom stereocenters. The number of benzene rings is 9. The second kappa shape index (κ2) is 42.2. The van der Waals surface area contributed by atoms with Crippen LogP contribution in [0.4, 0.5) is 22.4 Å². The van der Waals surface area contributed by atoms with Gasteiger partial charge in [-0.3, -0.25) is 25.2 Å². The van der Waals surface area contributed by atoms with Crippen molar-refractivity contribution in [3.63, 3.8) is 0 Å². The van der Waals surface area contributed by atoms with Gasteiger partial charge in [0, 0.05) is 218 Å². The summed E-state index contributed by atoms with van der Waals surface area (Å²) < 4.78 is 143. The number of likely N-dealkylation sites (tertiary alicyclic amines) is 2. The number of carbonyl (C=O) groups excluding carboxylic acids is 2. The molecule has 17 aromatic rings. The van der Waals surface area contributed by atoms with Crippen LogP contribution in [-0.4, -0.2) is 212 Å². The summed E-state index contributed by atoms with van der Waals surface area (Å²) >= 11 is 0. The molecule has 8 aromatic heterocycles. The topological polar surface area (TPSA) is 293 Å². The second-order valence-corrected chi connectivity index (χ2v) is 43.8. The predicted molar refractivity (Wildman–Crippen MR) is 548 cm³/mol. The number of carbonyl (C=O) groups is 2. The van der Waals surface area contributed by atoms with Crippen molar-refractivity contribution in [2.24, 2.45) is 11.8 Å². The van der Waals surface area contributed by atoms with Crippen LogP contribution in [0.1, 0.15) is 171 Å². The number of hydrogen-bond donors (Lipinski definition) is 4. The molecule has 0 spiro atoms. The Balaban J connectivity index is 0.000000113. The molecule has 7 aliphatic rings. The first kappa shape index (κ1) is 96.3. The number of aryl methyl sites for hydroxylation is 2. The number of aromatic nitrogens is 12. The number of halogens is 4. The van der Waals surface area contributed by atoms with E-state index in [-0.39, 0.29) is 52.7 Å². The Kier molecular flexibility index (Phi) is 28.4. The van der Waals surface area contributed by atoms with Gasteiger partial charge in [0.2, 0.25) is 15.9 Å². The summed E-state index contributed by atoms with van der Waals surface area (Å²) in [5.41, 5.74) is 22.9. The highest BCUT2D eigenvalue weighted by Crippen LogP contribution is 2.48. The van der Waals surface area contributed by atoms with Gasteiger partial charge in [0.1, 0.15) is 39.7 Å². The van der Waals surface area contributed by atoms with Gasteiger partial charge in [-0.15, -0.1) is 0 Å². The van der Waals surface area contributed by atoms with Crippen molar-refractivity contribution in [3.8, 4) is 22.7 Å². The molecular weight excluding hydrogens is 1860 g/mol. The lowest BCUT2D eigenvalue weighted by Gasteiger charge is -2.32. The molecule has 9 aromatic carbocycles. The average Bonchev–Trinajstić information content (AvgIpc) is 1.59. The van der Waals surface area contributed by atoms with Gasteiger partial charge in [0.25, 0.3) is 0 Å². The number of nitrogens with zero attached hydrogens (tertiary/aromatic N) is 11. The van der Waals surface area contributed by atoms with Crippen LogP contribution in [0.3, 0.4) is 0 Å². The van der Waals surface area contributed by atoms with Crippen LogP contribution < -0.4 is 0 Å². The average molecular weight is 1980 g/mol. The highest BCUT2D eigenvalue weighted by atomic mass is 32.2. The number of hydrogen-bond acceptors (Lipinski definition) is 15. The largest absolute Gasteiger partial charge is 0.445 e. The molecule has 0 atom stereocenters. The maximum Gasteiger partial charge on any atom is 0.410 e. The van der Waals surface area contributed by atoms with E-state index in [1.165, 1.54) is 87.2 Å². The quantitative estimate of drug-likeness (QED) is 0.0486. The summed E-state index contributed by atoms with van der Waals surface area (Å²) in [5, 5.41) is 38.0. The highest BCUT2D eigenvalue weighted by Gasteiger charge is 2.37. The number of H-pyrrole nitrogens is 4. The highest BCUT2D eigenvalue weighted by molar-refractivity contribution is 7.90. The normalized spacial score (nSPS) is 17.5. The van der Waals surface area contributed by atoms with Crippen LogP contribution in [0.15, 0.2) is 201 Å². The number of rotatable bonds is 21. The maximum absolute atomic E-state index is 14.0. The van der Waals surface area contributed by atoms with Crippen molar-refractivity contribution < 1.29 is 67.7 Å². The first-order valence-electron chi connectivity index (χ1n) is 50.4. The molecule has 7 fully saturated rings. The Hall–Kier alpha value is -12.8. The summed E-state index contributed by atoms with van der Waals surface area (Å²) in [4.78, 5) is 28.5. The van der Waals surface area contributed by atoms with Crippen LogP contribution in [-0.2, 0) is 80.6 Å². The number of fused-ring (bicyclic) bond motifs is 8. The molecule has 0 aliphatic carbocycles. The summed E-state index contributed by atoms with van der Waals surface area (Å²) in [7, 11) is -6.25. The Labute approximate surface area is 826 Å². The summed E-state index contributed by atoms with van der Waals surface area (Å²) in [6.07, 6.45) is 24.2. The van der Waals surface area contributed by atoms with E-state index in [0.29, 0.717) is 102 Å². The van der Waals surface area contributed by atoms with Crippen molar-refractivity contribution >= 4 is 119 Å². The van der Waals surface area contributed by atoms with Crippen LogP contribution in [0.25, 0.3) is 110 Å². The Bertz CT molecular complexity index is 7670. The lowest BCUT2D eigenvalue weighted by molar-refractivity contribution is -0.130. The zero-order valence-electron chi connectivity index (χ0n) is 80.5. The molecule has 7 saturated heterocycles. The van der Waals surface area contributed by atoms with Crippen LogP contribution in [0.5, 0.6) is 0 Å². The number of ether oxygens (including phenoxy) is 5. The van der Waals surface area contributed by atoms with Crippen LogP contribution in [0.2, 0.25) is 0 Å². The summed E-state index contributed by atoms with van der Waals surface area (Å²) in [5.74, 6) is 1.70. The van der Waals surface area contributed by atoms with E-state index in [9.17, 15) is 44.0 Å². The standard InChI is InChI=1S/C34H35FN4O3.C28H31FN4O2.C26H29FN4O3S.C23H24FN3O3S/c35-27-6-8-28(9-7-27)39-32-19-26-21-36-37-31(26)20-29(32)30(33(39)25-12-16-41-17-13-25)18-23-10-14-38(15-11-23)34(40)42-22-24-4-2-1-3-5-24;1-18(34)32-10-6-19(7-11-32)14-25-24-16-26-21(17-30-31-26)15-27(24)33(23-4-2-22(29)3-5-23)28(25)20-8-12-35-13-9-20;27-20-4-6-21(7-5-20)31-25-15-19-17-28-29-24(19)16-23(25)22(26(31)18-8-12-34-13-9-18)3-1-10-30-11-2-14-35(30,32)33;1-31(28,29)11-8-19-20-13-21-16(14-25-26-21)12-22(20)27(18-4-2-17(24)3-5-18)23(19)15-6-9-30-10-7-15/h1-9,19-21,23,25H,10-18,22H2,(H,36,37);2-5,15-17,19-20H,6-14H2,1H3,(H,30,31);4-7,15-18H,1-3,8-14H2,(H,28,29);2-5,12-15H,6-11H2,1H3,(H,25,26). The number of sulfone groups is 1. The molecule has 32 heteroatoms. The third-order valence-corrected chi connectivity index (χ3v) is 33.2. The zero-order valence-corrected chi connectivity index (χ0v) is 82.1. The minimum absolute atomic E-state index is 0.0762. The Morgan fingerprint density at radius 1 is 0.413 bits per heavy atom. The van der Waals surface area contributed by atoms with Crippen molar-refractivity contribution in [1.29, 1.82) is 0 Å². The molecule has 15 heterocycles. The van der Waals surface area contributed by atoms with Gasteiger partial charge in [0.15, 0.2) is 0 Å². The third kappa shape index (κ3) is 20.8. The maximum atomic E-state index is 14.0. The summed E-state index contributed by atoms with van der Waals surface area (Å²) in [6.45, 7) is 11.9. The van der Waals surface area contributed by atoms with E-state index in [2.05, 4.69) is 108 Å². The van der Waals surface area contributed by atoms with Gasteiger partial charge in [-0.05, 0) is 301 Å². The number of piperidine rings is 2. The number of sulfonamides is 1. The molecular formula is C111H119F4N15O11S2. The number of nitrogens with one attached hydrogen (secondary N) is 4. The lowest BCUT2D eigenvalue weighted by Crippen LogP contribution is -2.39. The van der Waals surface area contributed by atoms with Gasteiger partial charge in [-0.2, -0.15) is 20.4 Å². The fourth-order valence-electron chi connectivity index (χ4n) is 23.1. The van der Waals surface area contributed by atoms with E-state index < -0.39 is 19.9 Å². The SMILES string of the molecule is CC(=O)N1CCC(Cc2c(C3CCOCC3)n(-c3ccc(F)cc3)c3cc4cn[nH]c4cc23)CC1.CS(=O)(=O)CCc1c(C2CCOCC2)n(-c2ccc(F)cc2)c2cc3cn[nH]c3cc12.O=C(OCc1ccccc1)N1CCC(Cc2c(C3CCOCC3)n(-c3ccc(F)cc3)c3cc4cn[nH]c4cc23)CC1.O=S1(=O)CCCN1CCCc1c(C2CCOCC2)n(-c2ccc(F)cc2)c2cc3cn[nH]c3cc12. The van der Waals surface area contributed by atoms with Crippen molar-refractivity contribution in [3.05, 3.63) is 275 Å². The molecule has 26 nitrogen and oxygen atoms in total. The molecule has 143 heavy (non-hydrogen) atoms. The molecule has 0 bridgehead atoms. The molecule has 0 radical (unpaired) electrons. The fraction of sp³-hybridized carbons (Fsp3) is 0.387. The summed E-state index contributed by atoms with van der Waals surface area (Å²) in [6, 6.07) is 53.9. The first-order chi connectivity index (χ1) is 69.6. The van der Waals surface area contributed by atoms with Crippen molar-refractivity contribution in [2.45, 2.75) is 153 Å². The molecule has 2 amide bonds. The minimum atomic E-state index is -3.13. The van der Waals surface area contributed by atoms with Gasteiger partial charge in [0.05, 0.1) is 80.4 Å². The smallest absolute Gasteiger partial charge is 0.410 e. The van der Waals surface area contributed by atoms with Crippen LogP contribution in [0, 0.1) is 35.1 Å². The fourth-order valence-corrected chi connectivity index (χ4v) is 25.2. The molecule has 744 valence electrons. The monoisotopic (exact) mass is 1980 g/mol. The van der Waals surface area contributed by atoms with Gasteiger partial charge < -0.3 is 51.8 Å². The second-order valence-electron chi connectivity index (χ2n) is 39.4. The molecule has 24 rings (SSSR count). The van der Waals surface area contributed by atoms with Gasteiger partial charge in [-0.1, -0.05) is 30.3 Å². The lowest BCUT2D eigenvalue weighted by atomic mass is 9.85. The van der Waals surface area contributed by atoms with E-state index in [1.54, 1.807) is 41.7 Å². The van der Waals surface area contributed by atoms with E-state index in [4.69, 9.17) is 23.7 Å². The minimum Gasteiger partial charge on any atom is -0.445 e. The van der Waals surface area contributed by atoms with E-state index >= 15 is 0 Å². The number of aromatic amines is 4.